The number of rotatable bonds is 3. The van der Waals surface area contributed by atoms with Crippen LogP contribution in [0.15, 0.2) is 18.2 Å². The Morgan fingerprint density at radius 2 is 2.13 bits per heavy atom. The monoisotopic (exact) mass is 337 g/mol. The fourth-order valence-electron chi connectivity index (χ4n) is 3.06. The zero-order chi connectivity index (χ0) is 16.2. The van der Waals surface area contributed by atoms with Crippen molar-refractivity contribution in [2.24, 2.45) is 0 Å². The molecule has 0 spiro atoms. The van der Waals surface area contributed by atoms with Gasteiger partial charge in [0.15, 0.2) is 0 Å². The van der Waals surface area contributed by atoms with Gasteiger partial charge in [0.25, 0.3) is 0 Å². The van der Waals surface area contributed by atoms with Gasteiger partial charge in [0.05, 0.1) is 6.10 Å². The summed E-state index contributed by atoms with van der Waals surface area (Å²) in [5.41, 5.74) is 2.21. The second-order valence-corrected chi connectivity index (χ2v) is 6.64. The maximum atomic E-state index is 12.2. The van der Waals surface area contributed by atoms with Crippen LogP contribution in [0.1, 0.15) is 18.4 Å². The zero-order valence-corrected chi connectivity index (χ0v) is 14.3. The van der Waals surface area contributed by atoms with Crippen molar-refractivity contribution in [2.45, 2.75) is 25.9 Å². The summed E-state index contributed by atoms with van der Waals surface area (Å²) in [6, 6.07) is 6.15. The molecule has 2 amide bonds. The molecule has 1 aromatic carbocycles. The third kappa shape index (κ3) is 4.09. The number of carbonyl (C=O) groups excluding carboxylic acids is 1. The topological polar surface area (TPSA) is 44.8 Å². The van der Waals surface area contributed by atoms with Gasteiger partial charge in [-0.25, -0.2) is 4.79 Å². The Morgan fingerprint density at radius 1 is 1.35 bits per heavy atom. The van der Waals surface area contributed by atoms with Gasteiger partial charge in [0.1, 0.15) is 0 Å². The molecule has 1 unspecified atom stereocenters. The number of halogens is 1. The van der Waals surface area contributed by atoms with Crippen LogP contribution in [-0.4, -0.2) is 56.4 Å². The number of hydrogen-bond donors (Lipinski definition) is 1. The van der Waals surface area contributed by atoms with Crippen LogP contribution >= 0.6 is 11.6 Å². The third-order valence-corrected chi connectivity index (χ3v) is 5.00. The van der Waals surface area contributed by atoms with E-state index in [4.69, 9.17) is 16.3 Å². The smallest absolute Gasteiger partial charge is 0.317 e. The predicted octanol–water partition coefficient (Wildman–Crippen LogP) is 2.66. The minimum absolute atomic E-state index is 0.0158. The van der Waals surface area contributed by atoms with Gasteiger partial charge in [0.2, 0.25) is 0 Å². The Labute approximate surface area is 142 Å². The van der Waals surface area contributed by atoms with E-state index in [1.165, 1.54) is 0 Å². The maximum absolute atomic E-state index is 12.2. The molecule has 0 aliphatic carbocycles. The zero-order valence-electron chi connectivity index (χ0n) is 13.6. The summed E-state index contributed by atoms with van der Waals surface area (Å²) in [7, 11) is 0. The van der Waals surface area contributed by atoms with Gasteiger partial charge in [-0.1, -0.05) is 17.7 Å². The van der Waals surface area contributed by atoms with E-state index in [2.05, 4.69) is 16.3 Å². The SMILES string of the molecule is Cc1ccc(N2CCN(C(=O)NCC3CCCO3)CC2)cc1Cl. The molecule has 0 bridgehead atoms. The van der Waals surface area contributed by atoms with Crippen LogP contribution in [0, 0.1) is 6.92 Å². The van der Waals surface area contributed by atoms with E-state index < -0.39 is 0 Å². The fourth-order valence-corrected chi connectivity index (χ4v) is 3.24. The second-order valence-electron chi connectivity index (χ2n) is 6.23. The van der Waals surface area contributed by atoms with E-state index in [0.717, 1.165) is 61.9 Å². The summed E-state index contributed by atoms with van der Waals surface area (Å²) in [6.07, 6.45) is 2.33. The number of hydrogen-bond acceptors (Lipinski definition) is 3. The number of aryl methyl sites for hydroxylation is 1. The van der Waals surface area contributed by atoms with Crippen molar-refractivity contribution >= 4 is 23.3 Å². The number of anilines is 1. The molecule has 23 heavy (non-hydrogen) atoms. The minimum Gasteiger partial charge on any atom is -0.376 e. The van der Waals surface area contributed by atoms with Gasteiger partial charge in [0, 0.05) is 50.0 Å². The predicted molar refractivity (Wildman–Crippen MR) is 92.3 cm³/mol. The molecule has 126 valence electrons. The fraction of sp³-hybridized carbons (Fsp3) is 0.588. The first kappa shape index (κ1) is 16.4. The Balaban J connectivity index is 1.47. The molecule has 0 saturated carbocycles. The van der Waals surface area contributed by atoms with Gasteiger partial charge < -0.3 is 19.9 Å². The molecular formula is C17H24ClN3O2. The molecule has 2 heterocycles. The number of amides is 2. The van der Waals surface area contributed by atoms with Crippen LogP contribution in [0.5, 0.6) is 0 Å². The first-order chi connectivity index (χ1) is 11.1. The van der Waals surface area contributed by atoms with Crippen LogP contribution in [0.25, 0.3) is 0 Å². The number of carbonyl (C=O) groups is 1. The summed E-state index contributed by atoms with van der Waals surface area (Å²) in [5, 5.41) is 3.78. The third-order valence-electron chi connectivity index (χ3n) is 4.59. The number of urea groups is 1. The lowest BCUT2D eigenvalue weighted by Gasteiger charge is -2.36. The highest BCUT2D eigenvalue weighted by atomic mass is 35.5. The van der Waals surface area contributed by atoms with E-state index in [1.54, 1.807) is 0 Å². The normalized spacial score (nSPS) is 21.6. The van der Waals surface area contributed by atoms with Gasteiger partial charge >= 0.3 is 6.03 Å². The molecule has 2 saturated heterocycles. The van der Waals surface area contributed by atoms with Crippen molar-refractivity contribution in [3.63, 3.8) is 0 Å². The van der Waals surface area contributed by atoms with Crippen molar-refractivity contribution in [1.29, 1.82) is 0 Å². The van der Waals surface area contributed by atoms with Crippen molar-refractivity contribution < 1.29 is 9.53 Å². The molecule has 6 heteroatoms. The van der Waals surface area contributed by atoms with E-state index in [0.29, 0.717) is 6.54 Å². The Bertz CT molecular complexity index is 553. The quantitative estimate of drug-likeness (QED) is 0.922. The van der Waals surface area contributed by atoms with E-state index >= 15 is 0 Å². The van der Waals surface area contributed by atoms with Gasteiger partial charge in [-0.15, -0.1) is 0 Å². The molecule has 1 aromatic rings. The van der Waals surface area contributed by atoms with Crippen LogP contribution in [0.4, 0.5) is 10.5 Å². The van der Waals surface area contributed by atoms with Crippen LogP contribution in [0.2, 0.25) is 5.02 Å². The maximum Gasteiger partial charge on any atom is 0.317 e. The first-order valence-corrected chi connectivity index (χ1v) is 8.67. The summed E-state index contributed by atoms with van der Waals surface area (Å²) >= 11 is 6.20. The first-order valence-electron chi connectivity index (χ1n) is 8.29. The number of piperazine rings is 1. The number of benzene rings is 1. The summed E-state index contributed by atoms with van der Waals surface area (Å²) in [4.78, 5) is 16.4. The van der Waals surface area contributed by atoms with Gasteiger partial charge in [-0.2, -0.15) is 0 Å². The minimum atomic E-state index is 0.0158. The molecule has 3 rings (SSSR count). The number of nitrogens with zero attached hydrogens (tertiary/aromatic N) is 2. The molecule has 2 aliphatic rings. The molecule has 2 aliphatic heterocycles. The van der Waals surface area contributed by atoms with Gasteiger partial charge in [-0.3, -0.25) is 0 Å². The molecule has 0 aromatic heterocycles. The van der Waals surface area contributed by atoms with Crippen LogP contribution < -0.4 is 10.2 Å². The Kier molecular flexibility index (Phi) is 5.28. The van der Waals surface area contributed by atoms with Crippen LogP contribution in [0.3, 0.4) is 0 Å². The standard InChI is InChI=1S/C17H24ClN3O2/c1-13-4-5-14(11-16(13)18)20-6-8-21(9-7-20)17(22)19-12-15-3-2-10-23-15/h4-5,11,15H,2-3,6-10,12H2,1H3,(H,19,22). The van der Waals surface area contributed by atoms with E-state index in [-0.39, 0.29) is 12.1 Å². The highest BCUT2D eigenvalue weighted by molar-refractivity contribution is 6.31. The molecule has 5 nitrogen and oxygen atoms in total. The lowest BCUT2D eigenvalue weighted by atomic mass is 10.2. The lowest BCUT2D eigenvalue weighted by Crippen LogP contribution is -2.52. The molecule has 1 N–H and O–H groups in total. The molecular weight excluding hydrogens is 314 g/mol. The number of nitrogens with one attached hydrogen (secondary N) is 1. The largest absolute Gasteiger partial charge is 0.376 e. The van der Waals surface area contributed by atoms with Crippen LogP contribution in [-0.2, 0) is 4.74 Å². The summed E-state index contributed by atoms with van der Waals surface area (Å²) < 4.78 is 5.53. The van der Waals surface area contributed by atoms with Crippen molar-refractivity contribution in [3.05, 3.63) is 28.8 Å². The van der Waals surface area contributed by atoms with Crippen molar-refractivity contribution in [1.82, 2.24) is 10.2 Å². The molecule has 1 atom stereocenters. The average Bonchev–Trinajstić information content (AvgIpc) is 3.09. The molecule has 0 radical (unpaired) electrons. The lowest BCUT2D eigenvalue weighted by molar-refractivity contribution is 0.108. The highest BCUT2D eigenvalue weighted by Gasteiger charge is 2.23. The number of ether oxygens (including phenoxy) is 1. The van der Waals surface area contributed by atoms with Crippen molar-refractivity contribution in [3.8, 4) is 0 Å². The van der Waals surface area contributed by atoms with E-state index in [9.17, 15) is 4.79 Å². The van der Waals surface area contributed by atoms with Gasteiger partial charge in [-0.05, 0) is 37.5 Å². The van der Waals surface area contributed by atoms with Crippen molar-refractivity contribution in [2.75, 3.05) is 44.2 Å². The summed E-state index contributed by atoms with van der Waals surface area (Å²) in [6.45, 7) is 6.54. The highest BCUT2D eigenvalue weighted by Crippen LogP contribution is 2.24. The summed E-state index contributed by atoms with van der Waals surface area (Å²) in [5.74, 6) is 0. The Morgan fingerprint density at radius 3 is 2.78 bits per heavy atom. The average molecular weight is 338 g/mol. The Hall–Kier alpha value is -1.46. The molecule has 2 fully saturated rings. The second kappa shape index (κ2) is 7.41. The van der Waals surface area contributed by atoms with E-state index in [1.807, 2.05) is 24.0 Å².